The van der Waals surface area contributed by atoms with E-state index < -0.39 is 6.08 Å². The fourth-order valence-electron chi connectivity index (χ4n) is 2.88. The molecule has 0 spiro atoms. The van der Waals surface area contributed by atoms with Crippen molar-refractivity contribution < 1.29 is 9.18 Å². The van der Waals surface area contributed by atoms with E-state index in [2.05, 4.69) is 15.0 Å². The van der Waals surface area contributed by atoms with E-state index in [0.717, 1.165) is 18.4 Å². The Balaban J connectivity index is 1.58. The molecule has 8 heteroatoms. The number of benzene rings is 1. The smallest absolute Gasteiger partial charge is 0.312 e. The number of hydrogen-bond donors (Lipinski definition) is 1. The molecule has 0 radical (unpaired) electrons. The van der Waals surface area contributed by atoms with Gasteiger partial charge in [-0.15, -0.1) is 0 Å². The van der Waals surface area contributed by atoms with Gasteiger partial charge in [-0.1, -0.05) is 30.3 Å². The van der Waals surface area contributed by atoms with Gasteiger partial charge >= 0.3 is 6.08 Å². The molecular weight excluding hydrogens is 323 g/mol. The van der Waals surface area contributed by atoms with Crippen LogP contribution in [0.25, 0.3) is 11.2 Å². The van der Waals surface area contributed by atoms with Crippen LogP contribution in [0, 0.1) is 6.08 Å². The molecular formula is C17H17FN6O. The predicted molar refractivity (Wildman–Crippen MR) is 89.7 cm³/mol. The summed E-state index contributed by atoms with van der Waals surface area (Å²) in [6.45, 7) is 0.595. The minimum Gasteiger partial charge on any atom is -0.382 e. The standard InChI is InChI=1S/C17H17FN6O/c18-17-21-15(19)14-16(22-17)23(10-20-14)9-13(25)24(12-6-7-12)8-11-4-2-1-3-5-11/h1-5,10,12H,6-9H2,(H2,19,21,22). The number of carbonyl (C=O) groups is 1. The first-order valence-electron chi connectivity index (χ1n) is 8.09. The van der Waals surface area contributed by atoms with Crippen LogP contribution in [-0.4, -0.2) is 36.4 Å². The number of hydrogen-bond acceptors (Lipinski definition) is 5. The highest BCUT2D eigenvalue weighted by atomic mass is 19.1. The Hall–Kier alpha value is -3.03. The van der Waals surface area contributed by atoms with E-state index in [1.807, 2.05) is 35.2 Å². The Labute approximate surface area is 143 Å². The predicted octanol–water partition coefficient (Wildman–Crippen LogP) is 1.74. The Kier molecular flexibility index (Phi) is 3.79. The van der Waals surface area contributed by atoms with E-state index in [-0.39, 0.29) is 30.0 Å². The molecule has 1 aliphatic rings. The average molecular weight is 340 g/mol. The lowest BCUT2D eigenvalue weighted by Gasteiger charge is -2.23. The van der Waals surface area contributed by atoms with Crippen LogP contribution in [0.1, 0.15) is 18.4 Å². The van der Waals surface area contributed by atoms with Crippen LogP contribution in [0.15, 0.2) is 36.7 Å². The lowest BCUT2D eigenvalue weighted by Crippen LogP contribution is -2.35. The highest BCUT2D eigenvalue weighted by Gasteiger charge is 2.32. The molecule has 1 fully saturated rings. The molecule has 2 aromatic heterocycles. The molecule has 128 valence electrons. The third-order valence-corrected chi connectivity index (χ3v) is 4.27. The van der Waals surface area contributed by atoms with Crippen molar-refractivity contribution in [1.82, 2.24) is 24.4 Å². The summed E-state index contributed by atoms with van der Waals surface area (Å²) >= 11 is 0. The summed E-state index contributed by atoms with van der Waals surface area (Å²) in [5.41, 5.74) is 7.27. The zero-order chi connectivity index (χ0) is 17.4. The maximum absolute atomic E-state index is 13.4. The SMILES string of the molecule is Nc1nc(F)nc2c1ncn2CC(=O)N(Cc1ccccc1)C1CC1. The van der Waals surface area contributed by atoms with Crippen LogP contribution in [0.5, 0.6) is 0 Å². The van der Waals surface area contributed by atoms with Gasteiger partial charge in [0.25, 0.3) is 0 Å². The van der Waals surface area contributed by atoms with Crippen LogP contribution in [0.4, 0.5) is 10.2 Å². The van der Waals surface area contributed by atoms with Gasteiger partial charge in [-0.2, -0.15) is 14.4 Å². The van der Waals surface area contributed by atoms with Gasteiger partial charge in [-0.3, -0.25) is 4.79 Å². The summed E-state index contributed by atoms with van der Waals surface area (Å²) in [5.74, 6) is -0.0831. The van der Waals surface area contributed by atoms with Gasteiger partial charge in [0.2, 0.25) is 5.91 Å². The molecule has 25 heavy (non-hydrogen) atoms. The minimum atomic E-state index is -0.928. The number of nitrogen functional groups attached to an aromatic ring is 1. The molecule has 1 aromatic carbocycles. The number of imidazole rings is 1. The molecule has 3 aromatic rings. The fourth-order valence-corrected chi connectivity index (χ4v) is 2.88. The van der Waals surface area contributed by atoms with Crippen LogP contribution < -0.4 is 5.73 Å². The summed E-state index contributed by atoms with van der Waals surface area (Å²) < 4.78 is 15.0. The molecule has 1 amide bonds. The number of anilines is 1. The van der Waals surface area contributed by atoms with E-state index in [9.17, 15) is 9.18 Å². The van der Waals surface area contributed by atoms with E-state index in [4.69, 9.17) is 5.73 Å². The summed E-state index contributed by atoms with van der Waals surface area (Å²) in [4.78, 5) is 26.0. The second-order valence-corrected chi connectivity index (χ2v) is 6.16. The number of rotatable bonds is 5. The zero-order valence-electron chi connectivity index (χ0n) is 13.5. The summed E-state index contributed by atoms with van der Waals surface area (Å²) in [6.07, 6.45) is 2.53. The van der Waals surface area contributed by atoms with E-state index in [0.29, 0.717) is 12.1 Å². The number of carbonyl (C=O) groups excluding carboxylic acids is 1. The largest absolute Gasteiger partial charge is 0.382 e. The number of nitrogens with zero attached hydrogens (tertiary/aromatic N) is 5. The lowest BCUT2D eigenvalue weighted by atomic mass is 10.2. The van der Waals surface area contributed by atoms with Crippen LogP contribution >= 0.6 is 0 Å². The first kappa shape index (κ1) is 15.5. The summed E-state index contributed by atoms with van der Waals surface area (Å²) in [5, 5.41) is 0. The maximum atomic E-state index is 13.4. The van der Waals surface area contributed by atoms with Gasteiger partial charge in [-0.05, 0) is 18.4 Å². The van der Waals surface area contributed by atoms with Crippen molar-refractivity contribution in [3.8, 4) is 0 Å². The van der Waals surface area contributed by atoms with Gasteiger partial charge in [0.05, 0.1) is 6.33 Å². The average Bonchev–Trinajstić information content (AvgIpc) is 3.36. The van der Waals surface area contributed by atoms with Crippen molar-refractivity contribution in [3.05, 3.63) is 48.3 Å². The normalized spacial score (nSPS) is 14.0. The lowest BCUT2D eigenvalue weighted by molar-refractivity contribution is -0.133. The summed E-state index contributed by atoms with van der Waals surface area (Å²) in [7, 11) is 0. The molecule has 0 unspecified atom stereocenters. The fraction of sp³-hybridized carbons (Fsp3) is 0.294. The Morgan fingerprint density at radius 1 is 1.28 bits per heavy atom. The molecule has 0 aliphatic heterocycles. The van der Waals surface area contributed by atoms with Gasteiger partial charge in [0.1, 0.15) is 12.1 Å². The van der Waals surface area contributed by atoms with E-state index in [1.54, 1.807) is 0 Å². The second kappa shape index (κ2) is 6.12. The van der Waals surface area contributed by atoms with Gasteiger partial charge < -0.3 is 15.2 Å². The number of nitrogens with two attached hydrogens (primary N) is 1. The Bertz CT molecular complexity index is 922. The second-order valence-electron chi connectivity index (χ2n) is 6.16. The molecule has 2 N–H and O–H groups in total. The maximum Gasteiger partial charge on any atom is 0.312 e. The molecule has 0 atom stereocenters. The monoisotopic (exact) mass is 340 g/mol. The number of amides is 1. The third kappa shape index (κ3) is 3.15. The first-order chi connectivity index (χ1) is 12.1. The molecule has 7 nitrogen and oxygen atoms in total. The molecule has 1 aliphatic carbocycles. The van der Waals surface area contributed by atoms with Gasteiger partial charge in [0, 0.05) is 12.6 Å². The van der Waals surface area contributed by atoms with Crippen molar-refractivity contribution in [2.24, 2.45) is 0 Å². The van der Waals surface area contributed by atoms with Crippen LogP contribution in [0.3, 0.4) is 0 Å². The van der Waals surface area contributed by atoms with Gasteiger partial charge in [0.15, 0.2) is 11.5 Å². The molecule has 2 heterocycles. The van der Waals surface area contributed by atoms with E-state index in [1.165, 1.54) is 10.9 Å². The van der Waals surface area contributed by atoms with Crippen molar-refractivity contribution >= 4 is 22.9 Å². The van der Waals surface area contributed by atoms with Crippen LogP contribution in [0.2, 0.25) is 0 Å². The topological polar surface area (TPSA) is 89.9 Å². The highest BCUT2D eigenvalue weighted by Crippen LogP contribution is 2.29. The first-order valence-corrected chi connectivity index (χ1v) is 8.09. The Morgan fingerprint density at radius 2 is 2.04 bits per heavy atom. The minimum absolute atomic E-state index is 0.0305. The number of fused-ring (bicyclic) bond motifs is 1. The van der Waals surface area contributed by atoms with Crippen LogP contribution in [-0.2, 0) is 17.9 Å². The van der Waals surface area contributed by atoms with Crippen molar-refractivity contribution in [3.63, 3.8) is 0 Å². The molecule has 0 bridgehead atoms. The molecule has 4 rings (SSSR count). The quantitative estimate of drug-likeness (QED) is 0.715. The Morgan fingerprint density at radius 3 is 2.76 bits per heavy atom. The highest BCUT2D eigenvalue weighted by molar-refractivity contribution is 5.83. The molecule has 0 saturated heterocycles. The summed E-state index contributed by atoms with van der Waals surface area (Å²) in [6, 6.07) is 10.1. The third-order valence-electron chi connectivity index (χ3n) is 4.27. The van der Waals surface area contributed by atoms with Gasteiger partial charge in [-0.25, -0.2) is 4.98 Å². The zero-order valence-corrected chi connectivity index (χ0v) is 13.5. The van der Waals surface area contributed by atoms with Crippen molar-refractivity contribution in [1.29, 1.82) is 0 Å². The number of halogens is 1. The molecule has 1 saturated carbocycles. The number of aromatic nitrogens is 4. The van der Waals surface area contributed by atoms with Crippen molar-refractivity contribution in [2.75, 3.05) is 5.73 Å². The van der Waals surface area contributed by atoms with E-state index >= 15 is 0 Å². The van der Waals surface area contributed by atoms with Crippen molar-refractivity contribution in [2.45, 2.75) is 32.0 Å².